The van der Waals surface area contributed by atoms with E-state index in [0.717, 1.165) is 6.42 Å². The molecule has 0 amide bonds. The second kappa shape index (κ2) is 5.66. The normalized spacial score (nSPS) is 20.5. The summed E-state index contributed by atoms with van der Waals surface area (Å²) in [5, 5.41) is 8.27. The molecule has 0 N–H and O–H groups in total. The van der Waals surface area contributed by atoms with Gasteiger partial charge in [-0.2, -0.15) is 5.26 Å². The Hall–Kier alpha value is -2.02. The third-order valence-corrected chi connectivity index (χ3v) is 1.80. The molecule has 1 aliphatic heterocycles. The molecule has 1 rings (SSSR count). The van der Waals surface area contributed by atoms with Crippen molar-refractivity contribution in [1.29, 1.82) is 5.26 Å². The van der Waals surface area contributed by atoms with Gasteiger partial charge in [0.2, 0.25) is 0 Å². The molecule has 1 aliphatic rings. The molecule has 0 aromatic heterocycles. The molecule has 0 aromatic rings. The van der Waals surface area contributed by atoms with Crippen LogP contribution in [0.3, 0.4) is 0 Å². The van der Waals surface area contributed by atoms with Crippen LogP contribution in [-0.4, -0.2) is 18.2 Å². The first-order valence-corrected chi connectivity index (χ1v) is 4.57. The van der Waals surface area contributed by atoms with E-state index in [1.54, 1.807) is 25.6 Å². The van der Waals surface area contributed by atoms with E-state index in [-0.39, 0.29) is 5.92 Å². The molecular weight excluding hydrogens is 190 g/mol. The fourth-order valence-electron chi connectivity index (χ4n) is 1.07. The smallest absolute Gasteiger partial charge is 0.256 e. The number of allylic oxidation sites excluding steroid dienone is 3. The lowest BCUT2D eigenvalue weighted by Crippen LogP contribution is -2.04. The SMILES string of the molecule is CC(=C\C(=O)C#N)/N=C/C1C=NC=CC1. The summed E-state index contributed by atoms with van der Waals surface area (Å²) in [6, 6.07) is 1.51. The lowest BCUT2D eigenvalue weighted by molar-refractivity contribution is -0.109. The van der Waals surface area contributed by atoms with Crippen LogP contribution in [-0.2, 0) is 4.79 Å². The molecule has 4 nitrogen and oxygen atoms in total. The van der Waals surface area contributed by atoms with Gasteiger partial charge in [0.1, 0.15) is 6.07 Å². The molecule has 1 unspecified atom stereocenters. The van der Waals surface area contributed by atoms with Crippen LogP contribution in [0.25, 0.3) is 0 Å². The second-order valence-electron chi connectivity index (χ2n) is 3.12. The van der Waals surface area contributed by atoms with Gasteiger partial charge in [-0.15, -0.1) is 0 Å². The largest absolute Gasteiger partial charge is 0.278 e. The van der Waals surface area contributed by atoms with Crippen LogP contribution in [0.5, 0.6) is 0 Å². The first-order chi connectivity index (χ1) is 7.22. The summed E-state index contributed by atoms with van der Waals surface area (Å²) in [5.41, 5.74) is 0.532. The number of nitriles is 1. The number of carbonyl (C=O) groups excluding carboxylic acids is 1. The van der Waals surface area contributed by atoms with Gasteiger partial charge in [0.25, 0.3) is 5.78 Å². The summed E-state index contributed by atoms with van der Waals surface area (Å²) in [7, 11) is 0. The molecule has 0 spiro atoms. The molecule has 76 valence electrons. The molecule has 15 heavy (non-hydrogen) atoms. The van der Waals surface area contributed by atoms with Crippen molar-refractivity contribution in [3.8, 4) is 6.07 Å². The van der Waals surface area contributed by atoms with Crippen LogP contribution in [0.1, 0.15) is 13.3 Å². The molecular formula is C11H11N3O. The van der Waals surface area contributed by atoms with E-state index >= 15 is 0 Å². The number of hydrogen-bond acceptors (Lipinski definition) is 4. The van der Waals surface area contributed by atoms with E-state index in [0.29, 0.717) is 5.70 Å². The van der Waals surface area contributed by atoms with Gasteiger partial charge < -0.3 is 0 Å². The first kappa shape index (κ1) is 11.1. The molecule has 0 aliphatic carbocycles. The first-order valence-electron chi connectivity index (χ1n) is 4.57. The van der Waals surface area contributed by atoms with Gasteiger partial charge >= 0.3 is 0 Å². The highest BCUT2D eigenvalue weighted by molar-refractivity contribution is 6.02. The Bertz CT molecular complexity index is 397. The minimum atomic E-state index is -0.582. The van der Waals surface area contributed by atoms with Gasteiger partial charge in [0, 0.05) is 36.3 Å². The molecule has 0 saturated carbocycles. The maximum absolute atomic E-state index is 10.7. The molecule has 0 saturated heterocycles. The Morgan fingerprint density at radius 3 is 3.13 bits per heavy atom. The summed E-state index contributed by atoms with van der Waals surface area (Å²) < 4.78 is 0. The zero-order valence-electron chi connectivity index (χ0n) is 8.42. The Kier molecular flexibility index (Phi) is 4.17. The van der Waals surface area contributed by atoms with Gasteiger partial charge in [-0.25, -0.2) is 0 Å². The number of rotatable bonds is 3. The van der Waals surface area contributed by atoms with E-state index in [1.807, 2.05) is 6.08 Å². The molecule has 0 fully saturated rings. The monoisotopic (exact) mass is 201 g/mol. The molecule has 0 bridgehead atoms. The van der Waals surface area contributed by atoms with Crippen molar-refractivity contribution in [2.24, 2.45) is 15.9 Å². The number of aliphatic imine (C=N–C) groups is 2. The molecule has 0 aromatic carbocycles. The molecule has 4 heteroatoms. The van der Waals surface area contributed by atoms with Crippen molar-refractivity contribution in [2.75, 3.05) is 0 Å². The van der Waals surface area contributed by atoms with Crippen molar-refractivity contribution in [3.05, 3.63) is 24.0 Å². The highest BCUT2D eigenvalue weighted by Gasteiger charge is 2.02. The van der Waals surface area contributed by atoms with Crippen LogP contribution in [0.4, 0.5) is 0 Å². The predicted octanol–water partition coefficient (Wildman–Crippen LogP) is 1.66. The van der Waals surface area contributed by atoms with Crippen molar-refractivity contribution < 1.29 is 4.79 Å². The summed E-state index contributed by atoms with van der Waals surface area (Å²) in [5.74, 6) is -0.405. The quantitative estimate of drug-likeness (QED) is 0.396. The fraction of sp³-hybridized carbons (Fsp3) is 0.273. The Morgan fingerprint density at radius 1 is 1.73 bits per heavy atom. The zero-order chi connectivity index (χ0) is 11.1. The zero-order valence-corrected chi connectivity index (χ0v) is 8.42. The highest BCUT2D eigenvalue weighted by atomic mass is 16.1. The topological polar surface area (TPSA) is 65.6 Å². The minimum Gasteiger partial charge on any atom is -0.278 e. The Balaban J connectivity index is 2.54. The van der Waals surface area contributed by atoms with E-state index in [2.05, 4.69) is 9.98 Å². The Morgan fingerprint density at radius 2 is 2.53 bits per heavy atom. The summed E-state index contributed by atoms with van der Waals surface area (Å²) in [4.78, 5) is 18.8. The van der Waals surface area contributed by atoms with Gasteiger partial charge in [-0.05, 0) is 13.3 Å². The predicted molar refractivity (Wildman–Crippen MR) is 58.6 cm³/mol. The van der Waals surface area contributed by atoms with Gasteiger partial charge in [-0.1, -0.05) is 6.08 Å². The van der Waals surface area contributed by atoms with Crippen LogP contribution in [0.2, 0.25) is 0 Å². The maximum Gasteiger partial charge on any atom is 0.256 e. The van der Waals surface area contributed by atoms with E-state index in [1.165, 1.54) is 12.1 Å². The molecule has 1 atom stereocenters. The van der Waals surface area contributed by atoms with Crippen LogP contribution < -0.4 is 0 Å². The third-order valence-electron chi connectivity index (χ3n) is 1.80. The average molecular weight is 201 g/mol. The van der Waals surface area contributed by atoms with Gasteiger partial charge in [-0.3, -0.25) is 14.8 Å². The van der Waals surface area contributed by atoms with Crippen LogP contribution >= 0.6 is 0 Å². The van der Waals surface area contributed by atoms with Crippen molar-refractivity contribution >= 4 is 18.2 Å². The van der Waals surface area contributed by atoms with Crippen LogP contribution in [0.15, 0.2) is 34.0 Å². The van der Waals surface area contributed by atoms with Crippen molar-refractivity contribution in [2.45, 2.75) is 13.3 Å². The Labute approximate surface area is 88.3 Å². The second-order valence-corrected chi connectivity index (χ2v) is 3.12. The lowest BCUT2D eigenvalue weighted by Gasteiger charge is -2.04. The molecule has 0 radical (unpaired) electrons. The van der Waals surface area contributed by atoms with Gasteiger partial charge in [0.05, 0.1) is 0 Å². The maximum atomic E-state index is 10.7. The van der Waals surface area contributed by atoms with Crippen LogP contribution in [0, 0.1) is 17.2 Å². The summed E-state index contributed by atoms with van der Waals surface area (Å²) in [6.45, 7) is 1.68. The summed E-state index contributed by atoms with van der Waals surface area (Å²) in [6.07, 6.45) is 9.30. The lowest BCUT2D eigenvalue weighted by atomic mass is 10.1. The molecule has 1 heterocycles. The minimum absolute atomic E-state index is 0.176. The fourth-order valence-corrected chi connectivity index (χ4v) is 1.07. The number of hydrogen-bond donors (Lipinski definition) is 0. The van der Waals surface area contributed by atoms with Crippen molar-refractivity contribution in [1.82, 2.24) is 0 Å². The number of carbonyl (C=O) groups is 1. The van der Waals surface area contributed by atoms with Crippen molar-refractivity contribution in [3.63, 3.8) is 0 Å². The summed E-state index contributed by atoms with van der Waals surface area (Å²) >= 11 is 0. The number of ketones is 1. The standard InChI is InChI=1S/C11H11N3O/c1-9(5-11(15)6-12)14-8-10-3-2-4-13-7-10/h2,4-5,7-8,10H,3H2,1H3/b9-5+,14-8+. The van der Waals surface area contributed by atoms with E-state index < -0.39 is 5.78 Å². The van der Waals surface area contributed by atoms with Gasteiger partial charge in [0.15, 0.2) is 0 Å². The number of nitrogens with zero attached hydrogens (tertiary/aromatic N) is 3. The van der Waals surface area contributed by atoms with E-state index in [9.17, 15) is 4.79 Å². The average Bonchev–Trinajstić information content (AvgIpc) is 2.27. The van der Waals surface area contributed by atoms with E-state index in [4.69, 9.17) is 5.26 Å². The highest BCUT2D eigenvalue weighted by Crippen LogP contribution is 2.05. The third kappa shape index (κ3) is 4.14.